The Labute approximate surface area is 128 Å². The summed E-state index contributed by atoms with van der Waals surface area (Å²) in [7, 11) is 0. The van der Waals surface area contributed by atoms with Gasteiger partial charge in [-0.1, -0.05) is 63.4 Å². The van der Waals surface area contributed by atoms with E-state index in [-0.39, 0.29) is 24.4 Å². The topological polar surface area (TPSA) is 46.5 Å². The monoisotopic (exact) mass is 292 g/mol. The van der Waals surface area contributed by atoms with Crippen LogP contribution in [0.1, 0.15) is 45.1 Å². The second-order valence-corrected chi connectivity index (χ2v) is 5.50. The van der Waals surface area contributed by atoms with Gasteiger partial charge in [0.1, 0.15) is 0 Å². The molecule has 118 valence electrons. The van der Waals surface area contributed by atoms with Crippen molar-refractivity contribution in [3.8, 4) is 0 Å². The second-order valence-electron chi connectivity index (χ2n) is 5.50. The zero-order chi connectivity index (χ0) is 15.5. The fraction of sp³-hybridized carbons (Fsp3) is 0.611. The molecule has 0 aliphatic carbocycles. The van der Waals surface area contributed by atoms with Crippen molar-refractivity contribution in [3.63, 3.8) is 0 Å². The minimum Gasteiger partial charge on any atom is -0.465 e. The van der Waals surface area contributed by atoms with E-state index in [9.17, 15) is 9.90 Å². The molecule has 1 N–H and O–H groups in total. The molecule has 0 radical (unpaired) electrons. The third kappa shape index (κ3) is 6.30. The molecule has 0 bridgehead atoms. The Morgan fingerprint density at radius 1 is 1.24 bits per heavy atom. The average Bonchev–Trinajstić information content (AvgIpc) is 2.52. The normalized spacial score (nSPS) is 13.7. The van der Waals surface area contributed by atoms with Crippen LogP contribution in [0.5, 0.6) is 0 Å². The van der Waals surface area contributed by atoms with Crippen molar-refractivity contribution < 1.29 is 14.6 Å². The lowest BCUT2D eigenvalue weighted by atomic mass is 9.86. The summed E-state index contributed by atoms with van der Waals surface area (Å²) in [5.41, 5.74) is 1.16. The predicted molar refractivity (Wildman–Crippen MR) is 85.0 cm³/mol. The van der Waals surface area contributed by atoms with Crippen LogP contribution in [0.15, 0.2) is 30.3 Å². The molecule has 2 unspecified atom stereocenters. The van der Waals surface area contributed by atoms with Crippen molar-refractivity contribution in [1.82, 2.24) is 0 Å². The van der Waals surface area contributed by atoms with Crippen molar-refractivity contribution in [3.05, 3.63) is 35.9 Å². The van der Waals surface area contributed by atoms with Gasteiger partial charge in [0.25, 0.3) is 0 Å². The van der Waals surface area contributed by atoms with Gasteiger partial charge in [-0.25, -0.2) is 0 Å². The van der Waals surface area contributed by atoms with Crippen molar-refractivity contribution in [1.29, 1.82) is 0 Å². The van der Waals surface area contributed by atoms with E-state index in [1.54, 1.807) is 0 Å². The fourth-order valence-electron chi connectivity index (χ4n) is 2.59. The molecule has 0 saturated carbocycles. The highest BCUT2D eigenvalue weighted by Gasteiger charge is 2.27. The highest BCUT2D eigenvalue weighted by atomic mass is 16.5. The molecule has 0 fully saturated rings. The summed E-state index contributed by atoms with van der Waals surface area (Å²) >= 11 is 0. The van der Waals surface area contributed by atoms with E-state index >= 15 is 0 Å². The van der Waals surface area contributed by atoms with Gasteiger partial charge in [-0.2, -0.15) is 0 Å². The Kier molecular flexibility index (Phi) is 8.76. The molecule has 21 heavy (non-hydrogen) atoms. The van der Waals surface area contributed by atoms with Crippen LogP contribution < -0.4 is 0 Å². The standard InChI is InChI=1S/C18H28O3/c1-3-5-11-16(4-2)17(14-19)18(20)21-13-12-15-9-7-6-8-10-15/h6-10,16-17,19H,3-5,11-14H2,1-2H3. The minimum absolute atomic E-state index is 0.119. The van der Waals surface area contributed by atoms with Crippen molar-refractivity contribution >= 4 is 5.97 Å². The Hall–Kier alpha value is -1.35. The molecule has 0 aromatic heterocycles. The molecule has 2 atom stereocenters. The van der Waals surface area contributed by atoms with Gasteiger partial charge in [-0.3, -0.25) is 4.79 Å². The van der Waals surface area contributed by atoms with E-state index in [2.05, 4.69) is 13.8 Å². The van der Waals surface area contributed by atoms with Crippen LogP contribution in [0.3, 0.4) is 0 Å². The van der Waals surface area contributed by atoms with Gasteiger partial charge in [0, 0.05) is 6.42 Å². The van der Waals surface area contributed by atoms with E-state index in [1.165, 1.54) is 0 Å². The zero-order valence-corrected chi connectivity index (χ0v) is 13.3. The summed E-state index contributed by atoms with van der Waals surface area (Å²) in [6, 6.07) is 9.97. The van der Waals surface area contributed by atoms with Gasteiger partial charge >= 0.3 is 5.97 Å². The van der Waals surface area contributed by atoms with E-state index < -0.39 is 0 Å². The quantitative estimate of drug-likeness (QED) is 0.670. The second kappa shape index (κ2) is 10.4. The van der Waals surface area contributed by atoms with Gasteiger partial charge in [0.05, 0.1) is 19.1 Å². The number of aliphatic hydroxyl groups is 1. The number of benzene rings is 1. The average molecular weight is 292 g/mol. The van der Waals surface area contributed by atoms with E-state index in [0.717, 1.165) is 37.7 Å². The lowest BCUT2D eigenvalue weighted by molar-refractivity contribution is -0.152. The number of unbranched alkanes of at least 4 members (excludes halogenated alkanes) is 1. The van der Waals surface area contributed by atoms with Crippen LogP contribution >= 0.6 is 0 Å². The van der Waals surface area contributed by atoms with Crippen molar-refractivity contribution in [2.24, 2.45) is 11.8 Å². The van der Waals surface area contributed by atoms with Crippen LogP contribution in [0.25, 0.3) is 0 Å². The lowest BCUT2D eigenvalue weighted by Gasteiger charge is -2.23. The highest BCUT2D eigenvalue weighted by Crippen LogP contribution is 2.23. The minimum atomic E-state index is -0.377. The molecule has 0 aliphatic heterocycles. The van der Waals surface area contributed by atoms with Gasteiger partial charge in [-0.05, 0) is 17.9 Å². The predicted octanol–water partition coefficient (Wildman–Crippen LogP) is 3.60. The molecule has 1 aromatic carbocycles. The van der Waals surface area contributed by atoms with Crippen LogP contribution in [0.2, 0.25) is 0 Å². The van der Waals surface area contributed by atoms with E-state index in [1.807, 2.05) is 30.3 Å². The number of carbonyl (C=O) groups excluding carboxylic acids is 1. The summed E-state index contributed by atoms with van der Waals surface area (Å²) < 4.78 is 5.36. The highest BCUT2D eigenvalue weighted by molar-refractivity contribution is 5.72. The number of aliphatic hydroxyl groups excluding tert-OH is 1. The molecule has 1 aromatic rings. The third-order valence-corrected chi connectivity index (χ3v) is 4.00. The molecule has 3 nitrogen and oxygen atoms in total. The first-order valence-corrected chi connectivity index (χ1v) is 8.04. The molecule has 0 aliphatic rings. The fourth-order valence-corrected chi connectivity index (χ4v) is 2.59. The van der Waals surface area contributed by atoms with Crippen molar-refractivity contribution in [2.75, 3.05) is 13.2 Å². The van der Waals surface area contributed by atoms with E-state index in [4.69, 9.17) is 4.74 Å². The summed E-state index contributed by atoms with van der Waals surface area (Å²) in [5.74, 6) is -0.409. The van der Waals surface area contributed by atoms with Crippen LogP contribution in [0, 0.1) is 11.8 Å². The Morgan fingerprint density at radius 3 is 2.52 bits per heavy atom. The first kappa shape index (κ1) is 17.7. The third-order valence-electron chi connectivity index (χ3n) is 4.00. The molecule has 3 heteroatoms. The molecule has 0 saturated heterocycles. The summed E-state index contributed by atoms with van der Waals surface area (Å²) in [6.45, 7) is 4.47. The largest absolute Gasteiger partial charge is 0.465 e. The lowest BCUT2D eigenvalue weighted by Crippen LogP contribution is -2.29. The Bertz CT molecular complexity index is 389. The SMILES string of the molecule is CCCCC(CC)C(CO)C(=O)OCCc1ccccc1. The number of carbonyl (C=O) groups is 1. The summed E-state index contributed by atoms with van der Waals surface area (Å²) in [6.07, 6.45) is 4.80. The maximum atomic E-state index is 12.1. The molecule has 0 spiro atoms. The maximum Gasteiger partial charge on any atom is 0.311 e. The Balaban J connectivity index is 2.43. The smallest absolute Gasteiger partial charge is 0.311 e. The van der Waals surface area contributed by atoms with E-state index in [0.29, 0.717) is 6.61 Å². The number of hydrogen-bond donors (Lipinski definition) is 1. The van der Waals surface area contributed by atoms with Gasteiger partial charge in [0.2, 0.25) is 0 Å². The molecular weight excluding hydrogens is 264 g/mol. The zero-order valence-electron chi connectivity index (χ0n) is 13.3. The van der Waals surface area contributed by atoms with Gasteiger partial charge in [-0.15, -0.1) is 0 Å². The van der Waals surface area contributed by atoms with Crippen LogP contribution in [-0.4, -0.2) is 24.3 Å². The van der Waals surface area contributed by atoms with Crippen LogP contribution in [0.4, 0.5) is 0 Å². The summed E-state index contributed by atoms with van der Waals surface area (Å²) in [5, 5.41) is 9.51. The first-order chi connectivity index (χ1) is 10.2. The van der Waals surface area contributed by atoms with Gasteiger partial charge in [0.15, 0.2) is 0 Å². The van der Waals surface area contributed by atoms with Crippen molar-refractivity contribution in [2.45, 2.75) is 46.0 Å². The summed E-state index contributed by atoms with van der Waals surface area (Å²) in [4.78, 5) is 12.1. The first-order valence-electron chi connectivity index (χ1n) is 8.04. The van der Waals surface area contributed by atoms with Crippen LogP contribution in [-0.2, 0) is 16.0 Å². The number of ether oxygens (including phenoxy) is 1. The molecule has 0 heterocycles. The molecule has 1 rings (SSSR count). The number of hydrogen-bond acceptors (Lipinski definition) is 3. The molecular formula is C18H28O3. The number of rotatable bonds is 10. The number of esters is 1. The molecule has 0 amide bonds. The Morgan fingerprint density at radius 2 is 1.95 bits per heavy atom. The van der Waals surface area contributed by atoms with Gasteiger partial charge < -0.3 is 9.84 Å². The maximum absolute atomic E-state index is 12.1.